The van der Waals surface area contributed by atoms with Crippen LogP contribution in [0, 0.1) is 5.82 Å². The zero-order chi connectivity index (χ0) is 29.7. The molecule has 5 rings (SSSR count). The Morgan fingerprint density at radius 1 is 1.00 bits per heavy atom. The van der Waals surface area contributed by atoms with Gasteiger partial charge in [-0.15, -0.1) is 0 Å². The predicted molar refractivity (Wildman–Crippen MR) is 151 cm³/mol. The van der Waals surface area contributed by atoms with Gasteiger partial charge in [0.15, 0.2) is 0 Å². The van der Waals surface area contributed by atoms with Crippen LogP contribution in [0.1, 0.15) is 34.0 Å². The number of aliphatic hydroxyl groups is 1. The molecule has 4 aromatic rings. The van der Waals surface area contributed by atoms with Crippen molar-refractivity contribution in [2.24, 2.45) is 0 Å². The van der Waals surface area contributed by atoms with Crippen LogP contribution >= 0.6 is 0 Å². The van der Waals surface area contributed by atoms with Crippen molar-refractivity contribution in [3.05, 3.63) is 119 Å². The van der Waals surface area contributed by atoms with Gasteiger partial charge >= 0.3 is 6.18 Å². The second-order valence-corrected chi connectivity index (χ2v) is 9.63. The summed E-state index contributed by atoms with van der Waals surface area (Å²) in [6, 6.07) is 17.5. The Kier molecular flexibility index (Phi) is 8.69. The van der Waals surface area contributed by atoms with E-state index in [1.54, 1.807) is 17.2 Å². The number of benzene rings is 3. The van der Waals surface area contributed by atoms with Gasteiger partial charge in [0, 0.05) is 30.4 Å². The molecule has 1 aromatic heterocycles. The van der Waals surface area contributed by atoms with Gasteiger partial charge in [0.2, 0.25) is 11.7 Å². The summed E-state index contributed by atoms with van der Waals surface area (Å²) in [5.74, 6) is 0.127. The largest absolute Gasteiger partial charge is 0.416 e. The molecule has 0 bridgehead atoms. The number of rotatable bonds is 11. The number of nitrogens with one attached hydrogen (secondary N) is 1. The van der Waals surface area contributed by atoms with E-state index in [2.05, 4.69) is 22.0 Å². The molecule has 2 N–H and O–H groups in total. The van der Waals surface area contributed by atoms with E-state index < -0.39 is 17.6 Å². The zero-order valence-corrected chi connectivity index (χ0v) is 22.5. The fourth-order valence-electron chi connectivity index (χ4n) is 4.58. The third kappa shape index (κ3) is 6.69. The van der Waals surface area contributed by atoms with Crippen LogP contribution in [0.15, 0.2) is 84.0 Å². The van der Waals surface area contributed by atoms with Crippen molar-refractivity contribution in [3.8, 4) is 0 Å². The highest BCUT2D eigenvalue weighted by Crippen LogP contribution is 2.43. The fourth-order valence-corrected chi connectivity index (χ4v) is 4.58. The number of aliphatic hydroxyl groups excluding tert-OH is 1. The van der Waals surface area contributed by atoms with Crippen LogP contribution in [0.5, 0.6) is 0 Å². The first-order valence-electron chi connectivity index (χ1n) is 13.2. The molecule has 0 spiro atoms. The first-order chi connectivity index (χ1) is 20.2. The molecule has 1 aliphatic heterocycles. The molecule has 2 heterocycles. The lowest BCUT2D eigenvalue weighted by Crippen LogP contribution is -2.22. The normalized spacial score (nSPS) is 13.2. The minimum atomic E-state index is -4.45. The van der Waals surface area contributed by atoms with Crippen LogP contribution in [0.4, 0.5) is 28.9 Å². The van der Waals surface area contributed by atoms with Crippen molar-refractivity contribution < 1.29 is 31.9 Å². The smallest absolute Gasteiger partial charge is 0.394 e. The van der Waals surface area contributed by atoms with Gasteiger partial charge in [-0.2, -0.15) is 18.2 Å². The highest BCUT2D eigenvalue weighted by molar-refractivity contribution is 6.08. The highest BCUT2D eigenvalue weighted by atomic mass is 19.4. The van der Waals surface area contributed by atoms with Crippen LogP contribution in [0.3, 0.4) is 0 Å². The zero-order valence-electron chi connectivity index (χ0n) is 22.5. The number of nitrogens with zero attached hydrogens (tertiary/aromatic N) is 3. The summed E-state index contributed by atoms with van der Waals surface area (Å²) in [5, 5.41) is 16.0. The van der Waals surface area contributed by atoms with Crippen molar-refractivity contribution in [1.29, 1.82) is 0 Å². The Bertz CT molecular complexity index is 1570. The van der Waals surface area contributed by atoms with Gasteiger partial charge < -0.3 is 24.6 Å². The van der Waals surface area contributed by atoms with Crippen LogP contribution in [-0.2, 0) is 23.9 Å². The van der Waals surface area contributed by atoms with Gasteiger partial charge in [0.1, 0.15) is 5.82 Å². The summed E-state index contributed by atoms with van der Waals surface area (Å²) in [4.78, 5) is 6.33. The van der Waals surface area contributed by atoms with E-state index in [1.807, 2.05) is 30.3 Å². The number of allylic oxidation sites excluding steroid dienone is 2. The van der Waals surface area contributed by atoms with Crippen LogP contribution in [0.2, 0.25) is 0 Å². The Hall–Kier alpha value is -4.48. The lowest BCUT2D eigenvalue weighted by Gasteiger charge is -2.31. The molecular weight excluding hydrogens is 552 g/mol. The lowest BCUT2D eigenvalue weighted by atomic mass is 9.93. The summed E-state index contributed by atoms with van der Waals surface area (Å²) >= 11 is 0. The molecule has 42 heavy (non-hydrogen) atoms. The third-order valence-corrected chi connectivity index (χ3v) is 6.67. The van der Waals surface area contributed by atoms with Crippen molar-refractivity contribution in [1.82, 2.24) is 10.1 Å². The molecule has 0 saturated heterocycles. The maximum atomic E-state index is 15.2. The Morgan fingerprint density at radius 3 is 2.48 bits per heavy atom. The third-order valence-electron chi connectivity index (χ3n) is 6.67. The minimum absolute atomic E-state index is 0.114. The molecule has 0 amide bonds. The lowest BCUT2D eigenvalue weighted by molar-refractivity contribution is -0.137. The molecule has 0 radical (unpaired) electrons. The number of halogens is 4. The molecule has 0 saturated carbocycles. The summed E-state index contributed by atoms with van der Waals surface area (Å²) in [6.45, 7) is 4.97. The topological polar surface area (TPSA) is 83.7 Å². The van der Waals surface area contributed by atoms with Gasteiger partial charge in [-0.1, -0.05) is 54.2 Å². The minimum Gasteiger partial charge on any atom is -0.394 e. The molecular formula is C31H28F4N4O3. The number of anilines is 2. The number of ether oxygens (including phenoxy) is 1. The Labute approximate surface area is 239 Å². The number of aromatic nitrogens is 2. The van der Waals surface area contributed by atoms with Gasteiger partial charge in [-0.3, -0.25) is 0 Å². The van der Waals surface area contributed by atoms with E-state index in [0.717, 1.165) is 17.7 Å². The van der Waals surface area contributed by atoms with Crippen LogP contribution in [0.25, 0.3) is 11.1 Å². The number of alkyl halides is 3. The first-order valence-corrected chi connectivity index (χ1v) is 13.2. The average Bonchev–Trinajstić information content (AvgIpc) is 3.43. The standard InChI is InChI=1S/C31H28F4N4O3/c1-20-24-16-26(32)27(36-11-13-41-14-12-40)17-28(24)39(18-22-7-9-23(10-8-22)31(33,34)35)19-25(20)30-37-29(42-38-30)15-21-5-3-2-4-6-21/h2-10,16-17,19,36,40H,1,11-15,18H2. The maximum absolute atomic E-state index is 15.2. The highest BCUT2D eigenvalue weighted by Gasteiger charge is 2.31. The molecule has 218 valence electrons. The van der Waals surface area contributed by atoms with Crippen LogP contribution < -0.4 is 10.2 Å². The van der Waals surface area contributed by atoms with Gasteiger partial charge in [-0.25, -0.2) is 4.39 Å². The average molecular weight is 581 g/mol. The van der Waals surface area contributed by atoms with E-state index >= 15 is 4.39 Å². The second-order valence-electron chi connectivity index (χ2n) is 9.63. The van der Waals surface area contributed by atoms with E-state index in [1.165, 1.54) is 18.2 Å². The van der Waals surface area contributed by atoms with Gasteiger partial charge in [0.25, 0.3) is 0 Å². The van der Waals surface area contributed by atoms with Gasteiger partial charge in [-0.05, 0) is 41.0 Å². The quantitative estimate of drug-likeness (QED) is 0.159. The molecule has 1 aliphatic rings. The molecule has 0 unspecified atom stereocenters. The SMILES string of the molecule is C=C1C(c2noc(Cc3ccccc3)n2)=CN(Cc2ccc(C(F)(F)F)cc2)c2cc(NCCOCCO)c(F)cc21. The molecule has 11 heteroatoms. The summed E-state index contributed by atoms with van der Waals surface area (Å²) in [7, 11) is 0. The van der Waals surface area contributed by atoms with Crippen molar-refractivity contribution in [2.75, 3.05) is 36.6 Å². The van der Waals surface area contributed by atoms with Crippen LogP contribution in [-0.4, -0.2) is 41.6 Å². The predicted octanol–water partition coefficient (Wildman–Crippen LogP) is 6.31. The Morgan fingerprint density at radius 2 is 1.76 bits per heavy atom. The molecule has 0 atom stereocenters. The van der Waals surface area contributed by atoms with Crippen molar-refractivity contribution in [3.63, 3.8) is 0 Å². The molecule has 3 aromatic carbocycles. The molecule has 0 aliphatic carbocycles. The summed E-state index contributed by atoms with van der Waals surface area (Å²) in [5.41, 5.74) is 3.10. The number of hydrogen-bond donors (Lipinski definition) is 2. The second kappa shape index (κ2) is 12.6. The van der Waals surface area contributed by atoms with Crippen molar-refractivity contribution in [2.45, 2.75) is 19.1 Å². The van der Waals surface area contributed by atoms with E-state index in [9.17, 15) is 13.2 Å². The molecule has 0 fully saturated rings. The number of hydrogen-bond acceptors (Lipinski definition) is 7. The Balaban J connectivity index is 1.47. The van der Waals surface area contributed by atoms with E-state index in [4.69, 9.17) is 14.4 Å². The monoisotopic (exact) mass is 580 g/mol. The molecule has 7 nitrogen and oxygen atoms in total. The van der Waals surface area contributed by atoms with Crippen molar-refractivity contribution >= 4 is 22.5 Å². The maximum Gasteiger partial charge on any atom is 0.416 e. The van der Waals surface area contributed by atoms with E-state index in [0.29, 0.717) is 46.8 Å². The summed E-state index contributed by atoms with van der Waals surface area (Å²) in [6.07, 6.45) is -2.28. The fraction of sp³-hybridized carbons (Fsp3) is 0.226. The first kappa shape index (κ1) is 29.0. The van der Waals surface area contributed by atoms with Gasteiger partial charge in [0.05, 0.1) is 43.2 Å². The summed E-state index contributed by atoms with van der Waals surface area (Å²) < 4.78 is 65.4. The van der Waals surface area contributed by atoms with E-state index in [-0.39, 0.29) is 37.9 Å². The number of fused-ring (bicyclic) bond motifs is 1.